The SMILES string of the molecule is CCC1=CC2=c3ccccc3=NC2=N1. The van der Waals surface area contributed by atoms with Gasteiger partial charge in [0.15, 0.2) is 5.84 Å². The molecule has 2 heterocycles. The van der Waals surface area contributed by atoms with Crippen molar-refractivity contribution in [2.45, 2.75) is 13.3 Å². The van der Waals surface area contributed by atoms with Gasteiger partial charge in [0.1, 0.15) is 0 Å². The molecular weight excluding hydrogens is 172 g/mol. The fourth-order valence-corrected chi connectivity index (χ4v) is 1.84. The van der Waals surface area contributed by atoms with Crippen LogP contribution in [0.5, 0.6) is 0 Å². The molecule has 2 aliphatic rings. The smallest absolute Gasteiger partial charge is 0.160 e. The number of hydrogen-bond acceptors (Lipinski definition) is 2. The van der Waals surface area contributed by atoms with Gasteiger partial charge in [-0.15, -0.1) is 0 Å². The molecule has 0 bridgehead atoms. The Balaban J connectivity index is 2.36. The summed E-state index contributed by atoms with van der Waals surface area (Å²) in [4.78, 5) is 8.93. The van der Waals surface area contributed by atoms with Crippen molar-refractivity contribution in [3.8, 4) is 0 Å². The Labute approximate surface area is 82.0 Å². The van der Waals surface area contributed by atoms with Crippen LogP contribution in [0.4, 0.5) is 0 Å². The zero-order chi connectivity index (χ0) is 9.54. The molecule has 2 heteroatoms. The highest BCUT2D eigenvalue weighted by Crippen LogP contribution is 2.20. The Hall–Kier alpha value is -1.70. The van der Waals surface area contributed by atoms with Gasteiger partial charge in [-0.05, 0) is 18.6 Å². The first kappa shape index (κ1) is 7.68. The van der Waals surface area contributed by atoms with E-state index in [1.54, 1.807) is 0 Å². The zero-order valence-corrected chi connectivity index (χ0v) is 7.99. The van der Waals surface area contributed by atoms with Crippen molar-refractivity contribution in [2.75, 3.05) is 0 Å². The fraction of sp³-hybridized carbons (Fsp3) is 0.167. The topological polar surface area (TPSA) is 24.7 Å². The highest BCUT2D eigenvalue weighted by molar-refractivity contribution is 6.24. The third kappa shape index (κ3) is 0.909. The molecule has 0 aliphatic carbocycles. The lowest BCUT2D eigenvalue weighted by atomic mass is 10.1. The van der Waals surface area contributed by atoms with Crippen molar-refractivity contribution >= 4 is 11.4 Å². The fourth-order valence-electron chi connectivity index (χ4n) is 1.84. The van der Waals surface area contributed by atoms with Crippen LogP contribution >= 0.6 is 0 Å². The quantitative estimate of drug-likeness (QED) is 0.623. The number of amidine groups is 1. The van der Waals surface area contributed by atoms with Gasteiger partial charge >= 0.3 is 0 Å². The molecule has 1 aromatic rings. The monoisotopic (exact) mass is 182 g/mol. The molecule has 14 heavy (non-hydrogen) atoms. The van der Waals surface area contributed by atoms with Gasteiger partial charge in [-0.2, -0.15) is 0 Å². The second kappa shape index (κ2) is 2.64. The Kier molecular flexibility index (Phi) is 1.45. The van der Waals surface area contributed by atoms with Crippen LogP contribution in [-0.4, -0.2) is 5.84 Å². The standard InChI is InChI=1S/C12H10N2/c1-2-8-7-10-9-5-3-4-6-11(9)14-12(10)13-8/h3-7H,2H2,1H3. The van der Waals surface area contributed by atoms with E-state index in [1.165, 1.54) is 10.8 Å². The van der Waals surface area contributed by atoms with Crippen LogP contribution in [0.25, 0.3) is 5.57 Å². The number of allylic oxidation sites excluding steroid dienone is 1. The minimum Gasteiger partial charge on any atom is -0.233 e. The molecule has 0 radical (unpaired) electrons. The predicted molar refractivity (Wildman–Crippen MR) is 56.4 cm³/mol. The first-order valence-corrected chi connectivity index (χ1v) is 4.86. The first-order chi connectivity index (χ1) is 6.88. The minimum atomic E-state index is 0.892. The maximum atomic E-state index is 4.47. The van der Waals surface area contributed by atoms with Gasteiger partial charge in [0.05, 0.1) is 5.36 Å². The third-order valence-electron chi connectivity index (χ3n) is 2.58. The summed E-state index contributed by atoms with van der Waals surface area (Å²) in [6.45, 7) is 2.11. The largest absolute Gasteiger partial charge is 0.233 e. The van der Waals surface area contributed by atoms with Crippen molar-refractivity contribution in [3.63, 3.8) is 0 Å². The van der Waals surface area contributed by atoms with Crippen LogP contribution in [0.15, 0.2) is 46.0 Å². The Morgan fingerprint density at radius 1 is 1.14 bits per heavy atom. The van der Waals surface area contributed by atoms with Gasteiger partial charge in [-0.25, -0.2) is 9.98 Å². The highest BCUT2D eigenvalue weighted by Gasteiger charge is 2.17. The summed E-state index contributed by atoms with van der Waals surface area (Å²) in [7, 11) is 0. The lowest BCUT2D eigenvalue weighted by molar-refractivity contribution is 1.08. The van der Waals surface area contributed by atoms with Crippen molar-refractivity contribution in [3.05, 3.63) is 46.6 Å². The molecule has 1 aromatic carbocycles. The molecule has 0 spiro atoms. The Morgan fingerprint density at radius 3 is 2.86 bits per heavy atom. The summed E-state index contributed by atoms with van der Waals surface area (Å²) in [5.74, 6) is 0.892. The van der Waals surface area contributed by atoms with Gasteiger partial charge < -0.3 is 0 Å². The van der Waals surface area contributed by atoms with Crippen LogP contribution < -0.4 is 10.6 Å². The number of aliphatic imine (C=N–C) groups is 1. The summed E-state index contributed by atoms with van der Waals surface area (Å²) in [5.41, 5.74) is 2.32. The van der Waals surface area contributed by atoms with Crippen LogP contribution in [-0.2, 0) is 0 Å². The van der Waals surface area contributed by atoms with E-state index in [1.807, 2.05) is 18.2 Å². The molecule has 0 unspecified atom stereocenters. The molecule has 0 saturated heterocycles. The van der Waals surface area contributed by atoms with Gasteiger partial charge in [0.2, 0.25) is 0 Å². The normalized spacial score (nSPS) is 17.1. The van der Waals surface area contributed by atoms with Gasteiger partial charge in [0, 0.05) is 16.5 Å². The third-order valence-corrected chi connectivity index (χ3v) is 2.58. The molecule has 2 nitrogen and oxygen atoms in total. The molecule has 68 valence electrons. The summed E-state index contributed by atoms with van der Waals surface area (Å²) in [6, 6.07) is 8.19. The molecule has 0 atom stereocenters. The number of para-hydroxylation sites is 1. The summed E-state index contributed by atoms with van der Waals surface area (Å²) in [6.07, 6.45) is 3.12. The van der Waals surface area contributed by atoms with Crippen LogP contribution in [0, 0.1) is 0 Å². The molecule has 2 aliphatic heterocycles. The summed E-state index contributed by atoms with van der Waals surface area (Å²) < 4.78 is 0. The van der Waals surface area contributed by atoms with E-state index in [0.29, 0.717) is 0 Å². The van der Waals surface area contributed by atoms with Gasteiger partial charge in [0.25, 0.3) is 0 Å². The molecule has 0 amide bonds. The highest BCUT2D eigenvalue weighted by atomic mass is 15.0. The zero-order valence-electron chi connectivity index (χ0n) is 7.99. The van der Waals surface area contributed by atoms with E-state index >= 15 is 0 Å². The van der Waals surface area contributed by atoms with Crippen molar-refractivity contribution in [2.24, 2.45) is 9.98 Å². The van der Waals surface area contributed by atoms with E-state index < -0.39 is 0 Å². The maximum absolute atomic E-state index is 4.47. The van der Waals surface area contributed by atoms with Gasteiger partial charge in [-0.1, -0.05) is 25.1 Å². The van der Waals surface area contributed by atoms with Crippen LogP contribution in [0.2, 0.25) is 0 Å². The number of fused-ring (bicyclic) bond motifs is 2. The molecular formula is C12H10N2. The molecule has 0 fully saturated rings. The number of hydrogen-bond donors (Lipinski definition) is 0. The van der Waals surface area contributed by atoms with E-state index in [0.717, 1.165) is 23.3 Å². The average Bonchev–Trinajstić information content (AvgIpc) is 2.73. The predicted octanol–water partition coefficient (Wildman–Crippen LogP) is 1.18. The Morgan fingerprint density at radius 2 is 2.00 bits per heavy atom. The first-order valence-electron chi connectivity index (χ1n) is 4.86. The number of nitrogens with zero attached hydrogens (tertiary/aromatic N) is 2. The number of rotatable bonds is 1. The van der Waals surface area contributed by atoms with E-state index in [4.69, 9.17) is 0 Å². The minimum absolute atomic E-state index is 0.892. The van der Waals surface area contributed by atoms with E-state index in [-0.39, 0.29) is 0 Å². The lowest BCUT2D eigenvalue weighted by Gasteiger charge is -1.86. The summed E-state index contributed by atoms with van der Waals surface area (Å²) >= 11 is 0. The maximum Gasteiger partial charge on any atom is 0.160 e. The Bertz CT molecular complexity index is 577. The van der Waals surface area contributed by atoms with Crippen molar-refractivity contribution < 1.29 is 0 Å². The van der Waals surface area contributed by atoms with Crippen molar-refractivity contribution in [1.29, 1.82) is 0 Å². The number of benzene rings is 1. The van der Waals surface area contributed by atoms with Crippen LogP contribution in [0.1, 0.15) is 13.3 Å². The lowest BCUT2D eigenvalue weighted by Crippen LogP contribution is -2.21. The second-order valence-corrected chi connectivity index (χ2v) is 3.47. The van der Waals surface area contributed by atoms with E-state index in [2.05, 4.69) is 29.1 Å². The van der Waals surface area contributed by atoms with Gasteiger partial charge in [-0.3, -0.25) is 0 Å². The molecule has 3 rings (SSSR count). The van der Waals surface area contributed by atoms with E-state index in [9.17, 15) is 0 Å². The second-order valence-electron chi connectivity index (χ2n) is 3.47. The molecule has 0 aromatic heterocycles. The average molecular weight is 182 g/mol. The molecule has 0 N–H and O–H groups in total. The van der Waals surface area contributed by atoms with Crippen molar-refractivity contribution in [1.82, 2.24) is 0 Å². The molecule has 0 saturated carbocycles. The van der Waals surface area contributed by atoms with Crippen LogP contribution in [0.3, 0.4) is 0 Å². The summed E-state index contributed by atoms with van der Waals surface area (Å²) in [5, 5.41) is 2.27.